The summed E-state index contributed by atoms with van der Waals surface area (Å²) in [6.45, 7) is 7.95. The van der Waals surface area contributed by atoms with E-state index >= 15 is 0 Å². The van der Waals surface area contributed by atoms with Crippen LogP contribution in [0.1, 0.15) is 37.8 Å². The maximum absolute atomic E-state index is 12.4. The molecule has 0 bridgehead atoms. The number of ether oxygens (including phenoxy) is 1. The maximum Gasteiger partial charge on any atom is 0.265 e. The number of amides is 1. The zero-order valence-corrected chi connectivity index (χ0v) is 13.6. The third-order valence-electron chi connectivity index (χ3n) is 3.61. The SMILES string of the molecule is Cc1ccccc1OC(C)C(=O)Nc1ccccc1C(C)C. The number of hydrogen-bond donors (Lipinski definition) is 1. The van der Waals surface area contributed by atoms with Crippen molar-refractivity contribution in [2.75, 3.05) is 5.32 Å². The van der Waals surface area contributed by atoms with Crippen molar-refractivity contribution in [1.29, 1.82) is 0 Å². The average Bonchev–Trinajstić information content (AvgIpc) is 2.49. The number of rotatable bonds is 5. The molecule has 2 aromatic rings. The van der Waals surface area contributed by atoms with Crippen LogP contribution in [-0.2, 0) is 4.79 Å². The van der Waals surface area contributed by atoms with E-state index in [0.29, 0.717) is 5.92 Å². The van der Waals surface area contributed by atoms with Crippen LogP contribution in [0.25, 0.3) is 0 Å². The highest BCUT2D eigenvalue weighted by Gasteiger charge is 2.17. The van der Waals surface area contributed by atoms with Gasteiger partial charge < -0.3 is 10.1 Å². The Hall–Kier alpha value is -2.29. The zero-order chi connectivity index (χ0) is 16.1. The Balaban J connectivity index is 2.08. The highest BCUT2D eigenvalue weighted by atomic mass is 16.5. The summed E-state index contributed by atoms with van der Waals surface area (Å²) in [6.07, 6.45) is -0.554. The molecule has 0 aliphatic heterocycles. The van der Waals surface area contributed by atoms with Crippen molar-refractivity contribution in [2.24, 2.45) is 0 Å². The largest absolute Gasteiger partial charge is 0.481 e. The number of aryl methyl sites for hydroxylation is 1. The molecule has 1 atom stereocenters. The van der Waals surface area contributed by atoms with Gasteiger partial charge >= 0.3 is 0 Å². The quantitative estimate of drug-likeness (QED) is 0.881. The smallest absolute Gasteiger partial charge is 0.265 e. The highest BCUT2D eigenvalue weighted by Crippen LogP contribution is 2.24. The fourth-order valence-electron chi connectivity index (χ4n) is 2.28. The van der Waals surface area contributed by atoms with E-state index in [4.69, 9.17) is 4.74 Å². The summed E-state index contributed by atoms with van der Waals surface area (Å²) in [7, 11) is 0. The van der Waals surface area contributed by atoms with Crippen LogP contribution in [0.3, 0.4) is 0 Å². The molecular formula is C19H23NO2. The average molecular weight is 297 g/mol. The molecule has 3 nitrogen and oxygen atoms in total. The second kappa shape index (κ2) is 7.12. The van der Waals surface area contributed by atoms with Gasteiger partial charge in [0.2, 0.25) is 0 Å². The van der Waals surface area contributed by atoms with Crippen LogP contribution >= 0.6 is 0 Å². The molecule has 3 heteroatoms. The van der Waals surface area contributed by atoms with Crippen molar-refractivity contribution in [2.45, 2.75) is 39.7 Å². The summed E-state index contributed by atoms with van der Waals surface area (Å²) in [6, 6.07) is 15.6. The van der Waals surface area contributed by atoms with Crippen LogP contribution in [0.5, 0.6) is 5.75 Å². The topological polar surface area (TPSA) is 38.3 Å². The van der Waals surface area contributed by atoms with Gasteiger partial charge in [-0.25, -0.2) is 0 Å². The highest BCUT2D eigenvalue weighted by molar-refractivity contribution is 5.94. The maximum atomic E-state index is 12.4. The molecule has 0 saturated carbocycles. The van der Waals surface area contributed by atoms with Gasteiger partial charge in [0.25, 0.3) is 5.91 Å². The lowest BCUT2D eigenvalue weighted by Gasteiger charge is -2.18. The first-order chi connectivity index (χ1) is 10.5. The lowest BCUT2D eigenvalue weighted by molar-refractivity contribution is -0.122. The Morgan fingerprint density at radius 3 is 2.32 bits per heavy atom. The number of hydrogen-bond acceptors (Lipinski definition) is 2. The summed E-state index contributed by atoms with van der Waals surface area (Å²) in [5.74, 6) is 0.947. The molecule has 0 spiro atoms. The molecule has 0 heterocycles. The van der Waals surface area contributed by atoms with Crippen molar-refractivity contribution in [3.63, 3.8) is 0 Å². The Morgan fingerprint density at radius 2 is 1.64 bits per heavy atom. The van der Waals surface area contributed by atoms with E-state index in [0.717, 1.165) is 22.6 Å². The van der Waals surface area contributed by atoms with Gasteiger partial charge in [-0.1, -0.05) is 50.2 Å². The van der Waals surface area contributed by atoms with E-state index in [2.05, 4.69) is 19.2 Å². The van der Waals surface area contributed by atoms with Gasteiger partial charge in [0.05, 0.1) is 0 Å². The van der Waals surface area contributed by atoms with Crippen molar-refractivity contribution in [1.82, 2.24) is 0 Å². The van der Waals surface area contributed by atoms with Gasteiger partial charge in [-0.3, -0.25) is 4.79 Å². The molecule has 0 saturated heterocycles. The zero-order valence-electron chi connectivity index (χ0n) is 13.6. The van der Waals surface area contributed by atoms with Crippen LogP contribution < -0.4 is 10.1 Å². The summed E-state index contributed by atoms with van der Waals surface area (Å²) in [5, 5.41) is 2.97. The number of benzene rings is 2. The number of carbonyl (C=O) groups is 1. The first kappa shape index (κ1) is 16.1. The molecule has 0 aliphatic carbocycles. The Bertz CT molecular complexity index is 649. The van der Waals surface area contributed by atoms with E-state index in [-0.39, 0.29) is 5.91 Å². The standard InChI is InChI=1S/C19H23NO2/c1-13(2)16-10-6-7-11-17(16)20-19(21)15(4)22-18-12-8-5-9-14(18)3/h5-13,15H,1-4H3,(H,20,21). The van der Waals surface area contributed by atoms with E-state index in [1.807, 2.05) is 55.5 Å². The molecule has 22 heavy (non-hydrogen) atoms. The summed E-state index contributed by atoms with van der Waals surface area (Å²) < 4.78 is 5.77. The monoisotopic (exact) mass is 297 g/mol. The van der Waals surface area contributed by atoms with Crippen LogP contribution in [-0.4, -0.2) is 12.0 Å². The van der Waals surface area contributed by atoms with Crippen LogP contribution in [0.2, 0.25) is 0 Å². The number of nitrogens with one attached hydrogen (secondary N) is 1. The first-order valence-corrected chi connectivity index (χ1v) is 7.61. The van der Waals surface area contributed by atoms with Crippen LogP contribution in [0.15, 0.2) is 48.5 Å². The van der Waals surface area contributed by atoms with E-state index in [1.54, 1.807) is 6.92 Å². The van der Waals surface area contributed by atoms with Crippen molar-refractivity contribution in [3.8, 4) is 5.75 Å². The van der Waals surface area contributed by atoms with Crippen LogP contribution in [0.4, 0.5) is 5.69 Å². The van der Waals surface area contributed by atoms with Gasteiger partial charge in [0.15, 0.2) is 6.10 Å². The van der Waals surface area contributed by atoms with Gasteiger partial charge in [-0.2, -0.15) is 0 Å². The predicted octanol–water partition coefficient (Wildman–Crippen LogP) is 4.52. The summed E-state index contributed by atoms with van der Waals surface area (Å²) in [4.78, 5) is 12.4. The minimum absolute atomic E-state index is 0.142. The molecule has 1 amide bonds. The molecular weight excluding hydrogens is 274 g/mol. The van der Waals surface area contributed by atoms with Crippen LogP contribution in [0, 0.1) is 6.92 Å². The molecule has 2 aromatic carbocycles. The third-order valence-corrected chi connectivity index (χ3v) is 3.61. The van der Waals surface area contributed by atoms with E-state index in [9.17, 15) is 4.79 Å². The van der Waals surface area contributed by atoms with Crippen molar-refractivity contribution < 1.29 is 9.53 Å². The fraction of sp³-hybridized carbons (Fsp3) is 0.316. The van der Waals surface area contributed by atoms with Gasteiger partial charge in [0.1, 0.15) is 5.75 Å². The van der Waals surface area contributed by atoms with Crippen molar-refractivity contribution >= 4 is 11.6 Å². The molecule has 1 unspecified atom stereocenters. The molecule has 0 fully saturated rings. The second-order valence-corrected chi connectivity index (χ2v) is 5.76. The fourth-order valence-corrected chi connectivity index (χ4v) is 2.28. The second-order valence-electron chi connectivity index (χ2n) is 5.76. The van der Waals surface area contributed by atoms with Gasteiger partial charge in [-0.05, 0) is 43.0 Å². The Labute approximate surface area is 132 Å². The summed E-state index contributed by atoms with van der Waals surface area (Å²) in [5.41, 5.74) is 2.99. The third kappa shape index (κ3) is 3.88. The summed E-state index contributed by atoms with van der Waals surface area (Å²) >= 11 is 0. The van der Waals surface area contributed by atoms with Gasteiger partial charge in [0, 0.05) is 5.69 Å². The number of carbonyl (C=O) groups excluding carboxylic acids is 1. The number of anilines is 1. The molecule has 0 aromatic heterocycles. The predicted molar refractivity (Wildman–Crippen MR) is 90.4 cm³/mol. The number of para-hydroxylation sites is 2. The minimum Gasteiger partial charge on any atom is -0.481 e. The minimum atomic E-state index is -0.554. The molecule has 1 N–H and O–H groups in total. The van der Waals surface area contributed by atoms with Gasteiger partial charge in [-0.15, -0.1) is 0 Å². The van der Waals surface area contributed by atoms with E-state index < -0.39 is 6.10 Å². The molecule has 116 valence electrons. The lowest BCUT2D eigenvalue weighted by Crippen LogP contribution is -2.30. The molecule has 0 aliphatic rings. The van der Waals surface area contributed by atoms with E-state index in [1.165, 1.54) is 0 Å². The molecule has 2 rings (SSSR count). The van der Waals surface area contributed by atoms with Crippen molar-refractivity contribution in [3.05, 3.63) is 59.7 Å². The first-order valence-electron chi connectivity index (χ1n) is 7.61. The normalized spacial score (nSPS) is 12.0. The molecule has 0 radical (unpaired) electrons. The lowest BCUT2D eigenvalue weighted by atomic mass is 10.0. The Kier molecular flexibility index (Phi) is 5.21. The Morgan fingerprint density at radius 1 is 1.00 bits per heavy atom.